The fourth-order valence-corrected chi connectivity index (χ4v) is 0.939. The van der Waals surface area contributed by atoms with Gasteiger partial charge in [0.15, 0.2) is 5.82 Å². The molecule has 3 heteroatoms. The number of allylic oxidation sites excluding steroid dienone is 3. The molecule has 12 heavy (non-hydrogen) atoms. The highest BCUT2D eigenvalue weighted by Crippen LogP contribution is 2.01. The van der Waals surface area contributed by atoms with Crippen LogP contribution in [0.1, 0.15) is 25.5 Å². The molecule has 0 atom stereocenters. The van der Waals surface area contributed by atoms with Gasteiger partial charge >= 0.3 is 0 Å². The molecule has 64 valence electrons. The Bertz CT molecular complexity index is 307. The molecule has 1 N–H and O–H groups in total. The van der Waals surface area contributed by atoms with Gasteiger partial charge in [-0.15, -0.1) is 0 Å². The highest BCUT2D eigenvalue weighted by Gasteiger charge is 1.93. The van der Waals surface area contributed by atoms with E-state index >= 15 is 0 Å². The third-order valence-electron chi connectivity index (χ3n) is 1.40. The number of rotatable bonds is 2. The monoisotopic (exact) mass is 163 g/mol. The van der Waals surface area contributed by atoms with E-state index < -0.39 is 0 Å². The lowest BCUT2D eigenvalue weighted by molar-refractivity contribution is 1.03. The molecule has 0 aliphatic carbocycles. The molecule has 0 aliphatic rings. The average molecular weight is 163 g/mol. The Balaban J connectivity index is 2.80. The van der Waals surface area contributed by atoms with Crippen molar-refractivity contribution in [3.63, 3.8) is 0 Å². The van der Waals surface area contributed by atoms with Gasteiger partial charge in [0.25, 0.3) is 0 Å². The number of nitrogens with zero attached hydrogens (tertiary/aromatic N) is 2. The predicted molar refractivity (Wildman–Crippen MR) is 49.6 cm³/mol. The first-order chi connectivity index (χ1) is 5.72. The quantitative estimate of drug-likeness (QED) is 0.678. The maximum absolute atomic E-state index is 4.16. The second-order valence-electron chi connectivity index (χ2n) is 2.67. The molecular weight excluding hydrogens is 150 g/mol. The van der Waals surface area contributed by atoms with Gasteiger partial charge in [-0.3, -0.25) is 5.10 Å². The normalized spacial score (nSPS) is 12.8. The van der Waals surface area contributed by atoms with Gasteiger partial charge in [0, 0.05) is 0 Å². The molecule has 1 rings (SSSR count). The van der Waals surface area contributed by atoms with Crippen LogP contribution in [0.4, 0.5) is 0 Å². The first-order valence-electron chi connectivity index (χ1n) is 3.92. The summed E-state index contributed by atoms with van der Waals surface area (Å²) >= 11 is 0. The van der Waals surface area contributed by atoms with Crippen molar-refractivity contribution in [2.45, 2.75) is 20.8 Å². The van der Waals surface area contributed by atoms with E-state index in [2.05, 4.69) is 15.2 Å². The van der Waals surface area contributed by atoms with Crippen LogP contribution < -0.4 is 0 Å². The Hall–Kier alpha value is -1.38. The van der Waals surface area contributed by atoms with Crippen LogP contribution in [0, 0.1) is 6.92 Å². The van der Waals surface area contributed by atoms with Gasteiger partial charge in [-0.2, -0.15) is 5.10 Å². The molecule has 0 radical (unpaired) electrons. The van der Waals surface area contributed by atoms with Crippen LogP contribution in [0.15, 0.2) is 17.7 Å². The second kappa shape index (κ2) is 3.85. The second-order valence-corrected chi connectivity index (χ2v) is 2.67. The molecule has 3 nitrogen and oxygen atoms in total. The molecule has 0 saturated heterocycles. The van der Waals surface area contributed by atoms with E-state index in [1.165, 1.54) is 0 Å². The smallest absolute Gasteiger partial charge is 0.174 e. The molecule has 0 saturated carbocycles. The zero-order valence-electron chi connectivity index (χ0n) is 7.63. The summed E-state index contributed by atoms with van der Waals surface area (Å²) in [7, 11) is 0. The van der Waals surface area contributed by atoms with Crippen molar-refractivity contribution in [2.24, 2.45) is 0 Å². The average Bonchev–Trinajstić information content (AvgIpc) is 2.36. The summed E-state index contributed by atoms with van der Waals surface area (Å²) in [5.41, 5.74) is 1.15. The number of hydrogen-bond donors (Lipinski definition) is 1. The fraction of sp³-hybridized carbons (Fsp3) is 0.333. The fourth-order valence-electron chi connectivity index (χ4n) is 0.939. The maximum Gasteiger partial charge on any atom is 0.174 e. The van der Waals surface area contributed by atoms with Crippen molar-refractivity contribution in [2.75, 3.05) is 0 Å². The third kappa shape index (κ3) is 2.34. The summed E-state index contributed by atoms with van der Waals surface area (Å²) in [5, 5.41) is 6.78. The third-order valence-corrected chi connectivity index (χ3v) is 1.40. The van der Waals surface area contributed by atoms with Crippen LogP contribution in [0.25, 0.3) is 6.08 Å². The van der Waals surface area contributed by atoms with E-state index in [1.54, 1.807) is 0 Å². The van der Waals surface area contributed by atoms with Crippen LogP contribution in [0.5, 0.6) is 0 Å². The lowest BCUT2D eigenvalue weighted by Crippen LogP contribution is -1.76. The molecule has 0 aliphatic heterocycles. The maximum atomic E-state index is 4.16. The van der Waals surface area contributed by atoms with Crippen molar-refractivity contribution in [1.29, 1.82) is 0 Å². The number of nitrogens with one attached hydrogen (secondary N) is 1. The van der Waals surface area contributed by atoms with Gasteiger partial charge < -0.3 is 0 Å². The van der Waals surface area contributed by atoms with Crippen LogP contribution in [0.2, 0.25) is 0 Å². The molecule has 0 bridgehead atoms. The molecule has 1 aromatic rings. The SMILES string of the molecule is C/C=C\C(C)=C/c1n[nH]c(C)n1. The molecule has 1 aromatic heterocycles. The molecule has 0 unspecified atom stereocenters. The predicted octanol–water partition coefficient (Wildman–Crippen LogP) is 2.09. The van der Waals surface area contributed by atoms with Gasteiger partial charge in [0.05, 0.1) is 0 Å². The summed E-state index contributed by atoms with van der Waals surface area (Å²) < 4.78 is 0. The van der Waals surface area contributed by atoms with Crippen molar-refractivity contribution < 1.29 is 0 Å². The summed E-state index contributed by atoms with van der Waals surface area (Å²) in [6, 6.07) is 0. The first-order valence-corrected chi connectivity index (χ1v) is 3.92. The molecule has 0 fully saturated rings. The Labute approximate surface area is 72.2 Å². The van der Waals surface area contributed by atoms with Crippen LogP contribution >= 0.6 is 0 Å². The molecule has 0 spiro atoms. The summed E-state index contributed by atoms with van der Waals surface area (Å²) in [5.74, 6) is 1.58. The molecule has 0 aromatic carbocycles. The lowest BCUT2D eigenvalue weighted by atomic mass is 10.2. The van der Waals surface area contributed by atoms with Crippen LogP contribution in [0.3, 0.4) is 0 Å². The van der Waals surface area contributed by atoms with Crippen molar-refractivity contribution >= 4 is 6.08 Å². The van der Waals surface area contributed by atoms with E-state index in [-0.39, 0.29) is 0 Å². The summed E-state index contributed by atoms with van der Waals surface area (Å²) in [4.78, 5) is 4.16. The van der Waals surface area contributed by atoms with E-state index in [4.69, 9.17) is 0 Å². The topological polar surface area (TPSA) is 41.6 Å². The van der Waals surface area contributed by atoms with Crippen molar-refractivity contribution in [3.05, 3.63) is 29.4 Å². The van der Waals surface area contributed by atoms with Gasteiger partial charge in [-0.05, 0) is 32.4 Å². The Morgan fingerprint density at radius 3 is 2.75 bits per heavy atom. The lowest BCUT2D eigenvalue weighted by Gasteiger charge is -1.86. The Morgan fingerprint density at radius 2 is 2.25 bits per heavy atom. The van der Waals surface area contributed by atoms with Gasteiger partial charge in [-0.25, -0.2) is 4.98 Å². The number of aromatic nitrogens is 3. The zero-order valence-corrected chi connectivity index (χ0v) is 7.63. The standard InChI is InChI=1S/C9H13N3/c1-4-5-7(2)6-9-10-8(3)11-12-9/h4-6H,1-3H3,(H,10,11,12)/b5-4-,7-6-. The molecular formula is C9H13N3. The molecule has 1 heterocycles. The van der Waals surface area contributed by atoms with E-state index in [1.807, 2.05) is 39.0 Å². The summed E-state index contributed by atoms with van der Waals surface area (Å²) in [6.07, 6.45) is 5.94. The Kier molecular flexibility index (Phi) is 2.80. The van der Waals surface area contributed by atoms with Gasteiger partial charge in [-0.1, -0.05) is 12.2 Å². The largest absolute Gasteiger partial charge is 0.263 e. The number of hydrogen-bond acceptors (Lipinski definition) is 2. The van der Waals surface area contributed by atoms with Crippen molar-refractivity contribution in [3.8, 4) is 0 Å². The van der Waals surface area contributed by atoms with Crippen LogP contribution in [-0.4, -0.2) is 15.2 Å². The minimum Gasteiger partial charge on any atom is -0.263 e. The van der Waals surface area contributed by atoms with Crippen LogP contribution in [-0.2, 0) is 0 Å². The first kappa shape index (κ1) is 8.71. The number of H-pyrrole nitrogens is 1. The van der Waals surface area contributed by atoms with E-state index in [0.717, 1.165) is 17.2 Å². The number of aromatic amines is 1. The van der Waals surface area contributed by atoms with Crippen molar-refractivity contribution in [1.82, 2.24) is 15.2 Å². The van der Waals surface area contributed by atoms with E-state index in [0.29, 0.717) is 0 Å². The van der Waals surface area contributed by atoms with Gasteiger partial charge in [0.2, 0.25) is 0 Å². The minimum absolute atomic E-state index is 0.739. The Morgan fingerprint density at radius 1 is 1.50 bits per heavy atom. The number of aryl methyl sites for hydroxylation is 1. The molecule has 0 amide bonds. The van der Waals surface area contributed by atoms with E-state index in [9.17, 15) is 0 Å². The van der Waals surface area contributed by atoms with Gasteiger partial charge in [0.1, 0.15) is 5.82 Å². The minimum atomic E-state index is 0.739. The zero-order chi connectivity index (χ0) is 8.97. The highest BCUT2D eigenvalue weighted by atomic mass is 15.2. The summed E-state index contributed by atoms with van der Waals surface area (Å²) in [6.45, 7) is 5.89. The highest BCUT2D eigenvalue weighted by molar-refractivity contribution is 5.47.